The van der Waals surface area contributed by atoms with Crippen molar-refractivity contribution >= 4 is 0 Å². The summed E-state index contributed by atoms with van der Waals surface area (Å²) in [6.45, 7) is 14.5. The molecule has 2 aromatic carbocycles. The van der Waals surface area contributed by atoms with Gasteiger partial charge in [0, 0.05) is 5.56 Å². The van der Waals surface area contributed by atoms with Crippen LogP contribution < -0.4 is 18.9 Å². The molecule has 2 aromatic rings. The maximum Gasteiger partial charge on any atom is 0.165 e. The molecular formula is C26H36O5. The van der Waals surface area contributed by atoms with E-state index >= 15 is 0 Å². The van der Waals surface area contributed by atoms with Gasteiger partial charge >= 0.3 is 0 Å². The van der Waals surface area contributed by atoms with Crippen LogP contribution in [0.15, 0.2) is 24.3 Å². The van der Waals surface area contributed by atoms with Crippen LogP contribution in [0.1, 0.15) is 75.8 Å². The molecule has 170 valence electrons. The van der Waals surface area contributed by atoms with Crippen molar-refractivity contribution in [2.24, 2.45) is 0 Å². The molecule has 1 aliphatic rings. The first-order valence-electron chi connectivity index (χ1n) is 10.8. The fourth-order valence-electron chi connectivity index (χ4n) is 4.00. The summed E-state index contributed by atoms with van der Waals surface area (Å²) < 4.78 is 23.9. The summed E-state index contributed by atoms with van der Waals surface area (Å²) in [5.74, 6) is 2.57. The van der Waals surface area contributed by atoms with Gasteiger partial charge in [-0.3, -0.25) is 0 Å². The van der Waals surface area contributed by atoms with Gasteiger partial charge in [-0.2, -0.15) is 0 Å². The van der Waals surface area contributed by atoms with Gasteiger partial charge in [0.25, 0.3) is 0 Å². The van der Waals surface area contributed by atoms with Crippen LogP contribution in [0, 0.1) is 6.92 Å². The Morgan fingerprint density at radius 1 is 0.935 bits per heavy atom. The summed E-state index contributed by atoms with van der Waals surface area (Å²) in [5.41, 5.74) is 3.63. The zero-order chi connectivity index (χ0) is 23.1. The van der Waals surface area contributed by atoms with Crippen molar-refractivity contribution in [1.29, 1.82) is 0 Å². The van der Waals surface area contributed by atoms with E-state index in [4.69, 9.17) is 18.9 Å². The number of hydrogen-bond donors (Lipinski definition) is 1. The van der Waals surface area contributed by atoms with Crippen LogP contribution in [-0.2, 0) is 5.41 Å². The third-order valence-electron chi connectivity index (χ3n) is 5.60. The van der Waals surface area contributed by atoms with Crippen LogP contribution in [0.3, 0.4) is 0 Å². The number of methoxy groups -OCH3 is 2. The van der Waals surface area contributed by atoms with Crippen LogP contribution in [0.4, 0.5) is 0 Å². The van der Waals surface area contributed by atoms with Crippen molar-refractivity contribution in [3.63, 3.8) is 0 Å². The first-order chi connectivity index (χ1) is 14.4. The molecule has 0 radical (unpaired) electrons. The average Bonchev–Trinajstić information content (AvgIpc) is 3.05. The molecule has 1 heterocycles. The molecule has 0 saturated heterocycles. The normalized spacial score (nSPS) is 18.4. The fourth-order valence-corrected chi connectivity index (χ4v) is 4.00. The molecule has 1 N–H and O–H groups in total. The van der Waals surface area contributed by atoms with E-state index < -0.39 is 0 Å². The van der Waals surface area contributed by atoms with E-state index in [1.807, 2.05) is 39.8 Å². The second-order valence-electron chi connectivity index (χ2n) is 10.3. The molecule has 31 heavy (non-hydrogen) atoms. The molecule has 0 fully saturated rings. The third kappa shape index (κ3) is 4.62. The van der Waals surface area contributed by atoms with Gasteiger partial charge in [-0.25, -0.2) is 0 Å². The van der Waals surface area contributed by atoms with Gasteiger partial charge < -0.3 is 24.1 Å². The van der Waals surface area contributed by atoms with Gasteiger partial charge in [-0.1, -0.05) is 26.8 Å². The molecule has 5 heteroatoms. The van der Waals surface area contributed by atoms with E-state index in [-0.39, 0.29) is 29.6 Å². The minimum absolute atomic E-state index is 0.0317. The van der Waals surface area contributed by atoms with Gasteiger partial charge in [0.05, 0.1) is 26.7 Å². The van der Waals surface area contributed by atoms with Crippen LogP contribution >= 0.6 is 0 Å². The Labute approximate surface area is 186 Å². The molecule has 0 bridgehead atoms. The molecule has 2 atom stereocenters. The molecule has 0 saturated carbocycles. The Bertz CT molecular complexity index is 950. The second-order valence-corrected chi connectivity index (χ2v) is 10.3. The SMILES string of the molecule is COc1cc(C2Oc3c(OC)cc(C(C)(C)C)cc3C2CO)cc(C)c1OC(C)(C)C. The number of ether oxygens (including phenoxy) is 4. The summed E-state index contributed by atoms with van der Waals surface area (Å²) in [6.07, 6.45) is -0.347. The molecule has 0 aliphatic carbocycles. The first kappa shape index (κ1) is 23.3. The van der Waals surface area contributed by atoms with Crippen molar-refractivity contribution < 1.29 is 24.1 Å². The second kappa shape index (κ2) is 8.27. The zero-order valence-corrected chi connectivity index (χ0v) is 20.3. The van der Waals surface area contributed by atoms with Gasteiger partial charge in [-0.15, -0.1) is 0 Å². The van der Waals surface area contributed by atoms with Crippen molar-refractivity contribution in [2.75, 3.05) is 20.8 Å². The summed E-state index contributed by atoms with van der Waals surface area (Å²) in [7, 11) is 3.29. The van der Waals surface area contributed by atoms with Crippen molar-refractivity contribution in [2.45, 2.75) is 71.5 Å². The number of aryl methyl sites for hydroxylation is 1. The van der Waals surface area contributed by atoms with Crippen molar-refractivity contribution in [3.05, 3.63) is 46.5 Å². The predicted molar refractivity (Wildman–Crippen MR) is 123 cm³/mol. The summed E-state index contributed by atoms with van der Waals surface area (Å²) in [6, 6.07) is 8.17. The van der Waals surface area contributed by atoms with Gasteiger partial charge in [0.1, 0.15) is 11.7 Å². The molecule has 5 nitrogen and oxygen atoms in total. The van der Waals surface area contributed by atoms with Gasteiger partial charge in [0.15, 0.2) is 23.0 Å². The minimum atomic E-state index is -0.347. The van der Waals surface area contributed by atoms with E-state index in [2.05, 4.69) is 32.9 Å². The largest absolute Gasteiger partial charge is 0.493 e. The highest BCUT2D eigenvalue weighted by molar-refractivity contribution is 5.57. The smallest absolute Gasteiger partial charge is 0.165 e. The first-order valence-corrected chi connectivity index (χ1v) is 10.8. The number of rotatable bonds is 5. The number of hydrogen-bond acceptors (Lipinski definition) is 5. The number of aliphatic hydroxyl groups excluding tert-OH is 1. The third-order valence-corrected chi connectivity index (χ3v) is 5.60. The van der Waals surface area contributed by atoms with E-state index in [1.165, 1.54) is 0 Å². The topological polar surface area (TPSA) is 57.2 Å². The maximum atomic E-state index is 10.3. The van der Waals surface area contributed by atoms with E-state index in [0.717, 1.165) is 28.0 Å². The highest BCUT2D eigenvalue weighted by Gasteiger charge is 2.39. The van der Waals surface area contributed by atoms with Crippen molar-refractivity contribution in [3.8, 4) is 23.0 Å². The van der Waals surface area contributed by atoms with Crippen molar-refractivity contribution in [1.82, 2.24) is 0 Å². The Morgan fingerprint density at radius 3 is 2.10 bits per heavy atom. The Morgan fingerprint density at radius 2 is 1.58 bits per heavy atom. The molecular weight excluding hydrogens is 392 g/mol. The Kier molecular flexibility index (Phi) is 6.21. The van der Waals surface area contributed by atoms with E-state index in [1.54, 1.807) is 14.2 Å². The number of fused-ring (bicyclic) bond motifs is 1. The zero-order valence-electron chi connectivity index (χ0n) is 20.3. The summed E-state index contributed by atoms with van der Waals surface area (Å²) >= 11 is 0. The highest BCUT2D eigenvalue weighted by Crippen LogP contribution is 2.52. The lowest BCUT2D eigenvalue weighted by molar-refractivity contribution is 0.124. The van der Waals surface area contributed by atoms with Crippen LogP contribution in [-0.4, -0.2) is 31.5 Å². The Hall–Kier alpha value is -2.40. The maximum absolute atomic E-state index is 10.3. The van der Waals surface area contributed by atoms with E-state index in [9.17, 15) is 5.11 Å². The molecule has 2 unspecified atom stereocenters. The molecule has 1 aliphatic heterocycles. The lowest BCUT2D eigenvalue weighted by Crippen LogP contribution is -2.24. The Balaban J connectivity index is 2.08. The van der Waals surface area contributed by atoms with Crippen LogP contribution in [0.2, 0.25) is 0 Å². The quantitative estimate of drug-likeness (QED) is 0.662. The van der Waals surface area contributed by atoms with Gasteiger partial charge in [0.2, 0.25) is 0 Å². The van der Waals surface area contributed by atoms with E-state index in [0.29, 0.717) is 17.2 Å². The molecule has 0 spiro atoms. The standard InChI is InChI=1S/C26H36O5/c1-15-10-16(11-20(28-8)22(15)31-26(5,6)7)23-19(14-27)18-12-17(25(2,3)4)13-21(29-9)24(18)30-23/h10-13,19,23,27H,14H2,1-9H3. The van der Waals surface area contributed by atoms with Gasteiger partial charge in [-0.05, 0) is 68.0 Å². The monoisotopic (exact) mass is 428 g/mol. The number of benzene rings is 2. The number of aliphatic hydroxyl groups is 1. The fraction of sp³-hybridized carbons (Fsp3) is 0.538. The summed E-state index contributed by atoms with van der Waals surface area (Å²) in [4.78, 5) is 0. The van der Waals surface area contributed by atoms with Crippen LogP contribution in [0.25, 0.3) is 0 Å². The lowest BCUT2D eigenvalue weighted by Gasteiger charge is -2.26. The van der Waals surface area contributed by atoms with Crippen LogP contribution in [0.5, 0.6) is 23.0 Å². The minimum Gasteiger partial charge on any atom is -0.493 e. The predicted octanol–water partition coefficient (Wildman–Crippen LogP) is 5.70. The highest BCUT2D eigenvalue weighted by atomic mass is 16.5. The molecule has 3 rings (SSSR count). The average molecular weight is 429 g/mol. The lowest BCUT2D eigenvalue weighted by atomic mass is 9.83. The molecule has 0 aromatic heterocycles. The summed E-state index contributed by atoms with van der Waals surface area (Å²) in [5, 5.41) is 10.3. The molecule has 0 amide bonds.